The van der Waals surface area contributed by atoms with E-state index in [0.29, 0.717) is 12.5 Å². The molecule has 1 aliphatic rings. The molecular weight excluding hydrogens is 254 g/mol. The molecule has 0 unspecified atom stereocenters. The van der Waals surface area contributed by atoms with Crippen LogP contribution in [-0.4, -0.2) is 22.7 Å². The molecule has 0 atom stereocenters. The molecule has 0 radical (unpaired) electrons. The van der Waals surface area contributed by atoms with E-state index in [2.05, 4.69) is 12.2 Å². The fraction of sp³-hybridized carbons (Fsp3) is 0.562. The van der Waals surface area contributed by atoms with Crippen LogP contribution in [0.25, 0.3) is 0 Å². The van der Waals surface area contributed by atoms with E-state index >= 15 is 0 Å². The summed E-state index contributed by atoms with van der Waals surface area (Å²) in [7, 11) is 0. The molecule has 2 rings (SSSR count). The van der Waals surface area contributed by atoms with Crippen LogP contribution in [0.4, 0.5) is 0 Å². The monoisotopic (exact) mass is 277 g/mol. The zero-order chi connectivity index (χ0) is 14.5. The number of aromatic hydroxyl groups is 2. The number of benzene rings is 1. The number of hydrogen-bond acceptors (Lipinski definition) is 3. The Kier molecular flexibility index (Phi) is 4.88. The molecule has 4 nitrogen and oxygen atoms in total. The molecule has 0 heterocycles. The summed E-state index contributed by atoms with van der Waals surface area (Å²) in [5.74, 6) is 0.590. The van der Waals surface area contributed by atoms with Gasteiger partial charge in [0.05, 0.1) is 5.56 Å². The molecule has 1 aliphatic carbocycles. The van der Waals surface area contributed by atoms with Gasteiger partial charge in [-0.05, 0) is 30.4 Å². The van der Waals surface area contributed by atoms with Crippen molar-refractivity contribution in [1.29, 1.82) is 0 Å². The minimum atomic E-state index is -0.350. The van der Waals surface area contributed by atoms with E-state index in [-0.39, 0.29) is 23.0 Å². The minimum Gasteiger partial charge on any atom is -0.504 e. The number of hydrogen-bond donors (Lipinski definition) is 3. The summed E-state index contributed by atoms with van der Waals surface area (Å²) in [5.41, 5.74) is 0.127. The zero-order valence-corrected chi connectivity index (χ0v) is 11.9. The van der Waals surface area contributed by atoms with Crippen LogP contribution in [0.15, 0.2) is 18.2 Å². The van der Waals surface area contributed by atoms with Gasteiger partial charge in [0.2, 0.25) is 0 Å². The quantitative estimate of drug-likeness (QED) is 0.741. The summed E-state index contributed by atoms with van der Waals surface area (Å²) in [6.07, 6.45) is 6.04. The zero-order valence-electron chi connectivity index (χ0n) is 11.9. The van der Waals surface area contributed by atoms with Gasteiger partial charge >= 0.3 is 0 Å². The lowest BCUT2D eigenvalue weighted by molar-refractivity contribution is 0.0946. The van der Waals surface area contributed by atoms with Crippen LogP contribution in [0.1, 0.15) is 49.4 Å². The number of para-hydroxylation sites is 1. The fourth-order valence-corrected chi connectivity index (χ4v) is 2.82. The maximum absolute atomic E-state index is 11.9. The van der Waals surface area contributed by atoms with E-state index in [9.17, 15) is 15.0 Å². The number of phenolic OH excluding ortho intramolecular Hbond substituents is 2. The van der Waals surface area contributed by atoms with Crippen LogP contribution < -0.4 is 5.32 Å². The molecule has 1 saturated carbocycles. The number of carbonyl (C=O) groups is 1. The molecule has 4 heteroatoms. The van der Waals surface area contributed by atoms with E-state index in [1.54, 1.807) is 6.07 Å². The highest BCUT2D eigenvalue weighted by Gasteiger charge is 2.18. The number of carbonyl (C=O) groups excluding carboxylic acids is 1. The average Bonchev–Trinajstić information content (AvgIpc) is 2.44. The van der Waals surface area contributed by atoms with Gasteiger partial charge in [0.25, 0.3) is 5.91 Å². The standard InChI is InChI=1S/C16H23NO3/c1-11-5-7-12(8-6-11)9-10-17-16(20)13-3-2-4-14(18)15(13)19/h2-4,11-12,18-19H,5-10H2,1H3,(H,17,20). The van der Waals surface area contributed by atoms with Crippen LogP contribution in [0.5, 0.6) is 11.5 Å². The summed E-state index contributed by atoms with van der Waals surface area (Å²) in [5, 5.41) is 21.8. The van der Waals surface area contributed by atoms with Gasteiger partial charge in [-0.15, -0.1) is 0 Å². The van der Waals surface area contributed by atoms with Crippen molar-refractivity contribution < 1.29 is 15.0 Å². The summed E-state index contributed by atoms with van der Waals surface area (Å²) in [6.45, 7) is 2.91. The Labute approximate surface area is 119 Å². The Morgan fingerprint density at radius 1 is 1.25 bits per heavy atom. The molecule has 110 valence electrons. The summed E-state index contributed by atoms with van der Waals surface area (Å²) in [6, 6.07) is 4.41. The van der Waals surface area contributed by atoms with E-state index < -0.39 is 0 Å². The number of rotatable bonds is 4. The maximum Gasteiger partial charge on any atom is 0.255 e. The lowest BCUT2D eigenvalue weighted by Gasteiger charge is -2.26. The third-order valence-corrected chi connectivity index (χ3v) is 4.23. The van der Waals surface area contributed by atoms with E-state index in [1.165, 1.54) is 37.8 Å². The van der Waals surface area contributed by atoms with Crippen LogP contribution in [0, 0.1) is 11.8 Å². The average molecular weight is 277 g/mol. The Morgan fingerprint density at radius 2 is 1.95 bits per heavy atom. The molecule has 1 aromatic carbocycles. The molecule has 0 aromatic heterocycles. The molecule has 1 amide bonds. The van der Waals surface area contributed by atoms with Crippen molar-refractivity contribution in [2.45, 2.75) is 39.0 Å². The molecule has 20 heavy (non-hydrogen) atoms. The van der Waals surface area contributed by atoms with Gasteiger partial charge < -0.3 is 15.5 Å². The van der Waals surface area contributed by atoms with Gasteiger partial charge in [0.1, 0.15) is 0 Å². The lowest BCUT2D eigenvalue weighted by Crippen LogP contribution is -2.27. The molecule has 0 spiro atoms. The minimum absolute atomic E-state index is 0.127. The molecule has 1 fully saturated rings. The van der Waals surface area contributed by atoms with Crippen molar-refractivity contribution in [3.05, 3.63) is 23.8 Å². The molecule has 0 saturated heterocycles. The normalized spacial score (nSPS) is 22.4. The number of amides is 1. The SMILES string of the molecule is CC1CCC(CCNC(=O)c2cccc(O)c2O)CC1. The second-order valence-electron chi connectivity index (χ2n) is 5.84. The van der Waals surface area contributed by atoms with Gasteiger partial charge in [0, 0.05) is 6.54 Å². The molecule has 0 aliphatic heterocycles. The Morgan fingerprint density at radius 3 is 2.65 bits per heavy atom. The largest absolute Gasteiger partial charge is 0.504 e. The first-order chi connectivity index (χ1) is 9.58. The molecule has 0 bridgehead atoms. The summed E-state index contributed by atoms with van der Waals surface area (Å²) < 4.78 is 0. The fourth-order valence-electron chi connectivity index (χ4n) is 2.82. The maximum atomic E-state index is 11.9. The third-order valence-electron chi connectivity index (χ3n) is 4.23. The highest BCUT2D eigenvalue weighted by atomic mass is 16.3. The first kappa shape index (κ1) is 14.7. The van der Waals surface area contributed by atoms with Crippen LogP contribution in [0.2, 0.25) is 0 Å². The van der Waals surface area contributed by atoms with E-state index in [4.69, 9.17) is 0 Å². The topological polar surface area (TPSA) is 69.6 Å². The van der Waals surface area contributed by atoms with Crippen LogP contribution in [-0.2, 0) is 0 Å². The third kappa shape index (κ3) is 3.65. The highest BCUT2D eigenvalue weighted by molar-refractivity contribution is 5.97. The molecular formula is C16H23NO3. The Balaban J connectivity index is 1.79. The molecule has 1 aromatic rings. The number of phenols is 2. The summed E-state index contributed by atoms with van der Waals surface area (Å²) in [4.78, 5) is 11.9. The lowest BCUT2D eigenvalue weighted by atomic mass is 9.81. The van der Waals surface area contributed by atoms with E-state index in [1.807, 2.05) is 0 Å². The van der Waals surface area contributed by atoms with Gasteiger partial charge in [-0.3, -0.25) is 4.79 Å². The van der Waals surface area contributed by atoms with Gasteiger partial charge in [0.15, 0.2) is 11.5 Å². The Bertz CT molecular complexity index is 465. The first-order valence-electron chi connectivity index (χ1n) is 7.37. The smallest absolute Gasteiger partial charge is 0.255 e. The van der Waals surface area contributed by atoms with Gasteiger partial charge in [-0.1, -0.05) is 38.7 Å². The van der Waals surface area contributed by atoms with Crippen molar-refractivity contribution in [1.82, 2.24) is 5.32 Å². The highest BCUT2D eigenvalue weighted by Crippen LogP contribution is 2.30. The van der Waals surface area contributed by atoms with Crippen LogP contribution in [0.3, 0.4) is 0 Å². The second-order valence-corrected chi connectivity index (χ2v) is 5.84. The van der Waals surface area contributed by atoms with Crippen molar-refractivity contribution >= 4 is 5.91 Å². The van der Waals surface area contributed by atoms with Crippen molar-refractivity contribution in [2.75, 3.05) is 6.54 Å². The first-order valence-corrected chi connectivity index (χ1v) is 7.37. The summed E-state index contributed by atoms with van der Waals surface area (Å²) >= 11 is 0. The van der Waals surface area contributed by atoms with Crippen LogP contribution >= 0.6 is 0 Å². The predicted octanol–water partition coefficient (Wildman–Crippen LogP) is 3.04. The molecule has 3 N–H and O–H groups in total. The van der Waals surface area contributed by atoms with Crippen molar-refractivity contribution in [3.63, 3.8) is 0 Å². The van der Waals surface area contributed by atoms with Gasteiger partial charge in [-0.2, -0.15) is 0 Å². The predicted molar refractivity (Wildman–Crippen MR) is 77.8 cm³/mol. The van der Waals surface area contributed by atoms with E-state index in [0.717, 1.165) is 12.3 Å². The van der Waals surface area contributed by atoms with Crippen molar-refractivity contribution in [3.8, 4) is 11.5 Å². The van der Waals surface area contributed by atoms with Crippen molar-refractivity contribution in [2.24, 2.45) is 11.8 Å². The van der Waals surface area contributed by atoms with Gasteiger partial charge in [-0.25, -0.2) is 0 Å². The number of nitrogens with one attached hydrogen (secondary N) is 1. The Hall–Kier alpha value is -1.71. The second kappa shape index (κ2) is 6.64.